The number of nitrogens with one attached hydrogen (secondary N) is 1. The molecule has 0 atom stereocenters. The minimum absolute atomic E-state index is 0.0273. The van der Waals surface area contributed by atoms with E-state index in [0.29, 0.717) is 28.0 Å². The highest BCUT2D eigenvalue weighted by Crippen LogP contribution is 2.24. The largest absolute Gasteiger partial charge is 0.497 e. The van der Waals surface area contributed by atoms with Gasteiger partial charge in [-0.05, 0) is 48.9 Å². The monoisotopic (exact) mass is 389 g/mol. The van der Waals surface area contributed by atoms with E-state index in [0.717, 1.165) is 4.57 Å². The lowest BCUT2D eigenvalue weighted by Crippen LogP contribution is -2.39. The van der Waals surface area contributed by atoms with E-state index in [1.54, 1.807) is 37.3 Å². The summed E-state index contributed by atoms with van der Waals surface area (Å²) in [5, 5.41) is 0. The molecule has 0 bridgehead atoms. The first-order valence-corrected chi connectivity index (χ1v) is 9.51. The van der Waals surface area contributed by atoms with E-state index in [4.69, 9.17) is 4.74 Å². The Morgan fingerprint density at radius 3 is 1.96 bits per heavy atom. The molecule has 27 heavy (non-hydrogen) atoms. The Balaban J connectivity index is 2.16. The van der Waals surface area contributed by atoms with Crippen molar-refractivity contribution in [3.8, 4) is 5.75 Å². The van der Waals surface area contributed by atoms with Gasteiger partial charge in [0.15, 0.2) is 0 Å². The fourth-order valence-electron chi connectivity index (χ4n) is 2.86. The summed E-state index contributed by atoms with van der Waals surface area (Å²) in [6.07, 6.45) is 0. The Hall–Kier alpha value is -3.07. The molecule has 9 heteroatoms. The molecular formula is C18H19N3O5S. The van der Waals surface area contributed by atoms with Crippen LogP contribution in [0, 0.1) is 6.92 Å². The number of aromatic nitrogens is 2. The number of rotatable bonds is 4. The minimum Gasteiger partial charge on any atom is -0.497 e. The second kappa shape index (κ2) is 6.58. The van der Waals surface area contributed by atoms with Crippen molar-refractivity contribution in [1.29, 1.82) is 0 Å². The third-order valence-corrected chi connectivity index (χ3v) is 5.94. The van der Waals surface area contributed by atoms with E-state index in [1.807, 2.05) is 0 Å². The highest BCUT2D eigenvalue weighted by molar-refractivity contribution is 7.92. The molecular weight excluding hydrogens is 370 g/mol. The normalized spacial score (nSPS) is 11.6. The van der Waals surface area contributed by atoms with E-state index < -0.39 is 21.1 Å². The van der Waals surface area contributed by atoms with Crippen LogP contribution in [-0.2, 0) is 24.1 Å². The second-order valence-electron chi connectivity index (χ2n) is 6.17. The Morgan fingerprint density at radius 2 is 1.44 bits per heavy atom. The average molecular weight is 389 g/mol. The highest BCUT2D eigenvalue weighted by atomic mass is 32.2. The van der Waals surface area contributed by atoms with E-state index in [9.17, 15) is 18.0 Å². The maximum absolute atomic E-state index is 12.9. The average Bonchev–Trinajstić information content (AvgIpc) is 2.64. The molecule has 1 N–H and O–H groups in total. The van der Waals surface area contributed by atoms with Crippen LogP contribution in [0.25, 0.3) is 11.0 Å². The molecule has 0 aliphatic heterocycles. The molecule has 0 aliphatic carbocycles. The summed E-state index contributed by atoms with van der Waals surface area (Å²) < 4.78 is 35.7. The zero-order valence-corrected chi connectivity index (χ0v) is 16.1. The SMILES string of the molecule is COc1ccc(NS(=O)(=O)c2cc3c(cc2C)n(C)c(=O)c(=O)n3C)cc1. The first-order chi connectivity index (χ1) is 12.7. The molecule has 142 valence electrons. The topological polar surface area (TPSA) is 99.4 Å². The van der Waals surface area contributed by atoms with Gasteiger partial charge in [-0.1, -0.05) is 0 Å². The molecule has 1 heterocycles. The van der Waals surface area contributed by atoms with Crippen LogP contribution in [0.2, 0.25) is 0 Å². The minimum atomic E-state index is -3.90. The molecule has 3 rings (SSSR count). The van der Waals surface area contributed by atoms with Crippen molar-refractivity contribution in [3.05, 3.63) is 62.7 Å². The summed E-state index contributed by atoms with van der Waals surface area (Å²) in [5.41, 5.74) is 0.268. The molecule has 0 radical (unpaired) electrons. The van der Waals surface area contributed by atoms with Gasteiger partial charge < -0.3 is 13.9 Å². The smallest absolute Gasteiger partial charge is 0.316 e. The van der Waals surface area contributed by atoms with Crippen LogP contribution in [0.4, 0.5) is 5.69 Å². The van der Waals surface area contributed by atoms with Crippen LogP contribution >= 0.6 is 0 Å². The summed E-state index contributed by atoms with van der Waals surface area (Å²) in [7, 11) is 0.542. The molecule has 8 nitrogen and oxygen atoms in total. The van der Waals surface area contributed by atoms with Crippen LogP contribution in [0.5, 0.6) is 5.75 Å². The van der Waals surface area contributed by atoms with E-state index >= 15 is 0 Å². The maximum atomic E-state index is 12.9. The summed E-state index contributed by atoms with van der Waals surface area (Å²) in [5.74, 6) is 0.607. The molecule has 0 unspecified atom stereocenters. The van der Waals surface area contributed by atoms with Crippen molar-refractivity contribution < 1.29 is 13.2 Å². The predicted molar refractivity (Wildman–Crippen MR) is 103 cm³/mol. The Morgan fingerprint density at radius 1 is 0.926 bits per heavy atom. The molecule has 0 aliphatic rings. The van der Waals surface area contributed by atoms with Crippen LogP contribution in [0.15, 0.2) is 50.9 Å². The van der Waals surface area contributed by atoms with Gasteiger partial charge in [-0.2, -0.15) is 0 Å². The van der Waals surface area contributed by atoms with Crippen molar-refractivity contribution in [2.24, 2.45) is 14.1 Å². The number of fused-ring (bicyclic) bond motifs is 1. The third-order valence-electron chi connectivity index (χ3n) is 4.42. The van der Waals surface area contributed by atoms with Crippen molar-refractivity contribution in [2.75, 3.05) is 11.8 Å². The number of methoxy groups -OCH3 is 1. The van der Waals surface area contributed by atoms with E-state index in [1.165, 1.54) is 31.8 Å². The Bertz CT molecular complexity index is 1260. The molecule has 0 spiro atoms. The number of ether oxygens (including phenoxy) is 1. The first kappa shape index (κ1) is 18.7. The van der Waals surface area contributed by atoms with Gasteiger partial charge in [0.1, 0.15) is 5.75 Å². The van der Waals surface area contributed by atoms with Crippen LogP contribution in [0.3, 0.4) is 0 Å². The molecule has 1 aromatic heterocycles. The summed E-state index contributed by atoms with van der Waals surface area (Å²) in [6, 6.07) is 9.45. The Labute approximate surface area is 155 Å². The number of nitrogens with zero attached hydrogens (tertiary/aromatic N) is 2. The van der Waals surface area contributed by atoms with Gasteiger partial charge in [0, 0.05) is 19.8 Å². The highest BCUT2D eigenvalue weighted by Gasteiger charge is 2.20. The number of hydrogen-bond donors (Lipinski definition) is 1. The van der Waals surface area contributed by atoms with Crippen molar-refractivity contribution in [3.63, 3.8) is 0 Å². The van der Waals surface area contributed by atoms with Gasteiger partial charge in [0.25, 0.3) is 10.0 Å². The lowest BCUT2D eigenvalue weighted by atomic mass is 10.2. The van der Waals surface area contributed by atoms with Gasteiger partial charge in [0.05, 0.1) is 23.0 Å². The van der Waals surface area contributed by atoms with Gasteiger partial charge in [-0.25, -0.2) is 8.42 Å². The maximum Gasteiger partial charge on any atom is 0.316 e. The molecule has 0 saturated carbocycles. The van der Waals surface area contributed by atoms with Crippen LogP contribution in [0.1, 0.15) is 5.56 Å². The lowest BCUT2D eigenvalue weighted by Gasteiger charge is -2.14. The second-order valence-corrected chi connectivity index (χ2v) is 7.82. The van der Waals surface area contributed by atoms with E-state index in [2.05, 4.69) is 4.72 Å². The number of sulfonamides is 1. The van der Waals surface area contributed by atoms with Gasteiger partial charge in [-0.3, -0.25) is 14.3 Å². The Kier molecular flexibility index (Phi) is 4.56. The summed E-state index contributed by atoms with van der Waals surface area (Å²) in [4.78, 5) is 24.1. The van der Waals surface area contributed by atoms with Crippen LogP contribution in [-0.4, -0.2) is 24.7 Å². The zero-order valence-electron chi connectivity index (χ0n) is 15.3. The predicted octanol–water partition coefficient (Wildman–Crippen LogP) is 1.36. The molecule has 0 amide bonds. The van der Waals surface area contributed by atoms with Crippen LogP contribution < -0.4 is 20.6 Å². The molecule has 2 aromatic carbocycles. The third kappa shape index (κ3) is 3.21. The summed E-state index contributed by atoms with van der Waals surface area (Å²) in [6.45, 7) is 1.64. The quantitative estimate of drug-likeness (QED) is 0.679. The van der Waals surface area contributed by atoms with Gasteiger partial charge in [-0.15, -0.1) is 0 Å². The van der Waals surface area contributed by atoms with Crippen molar-refractivity contribution in [1.82, 2.24) is 9.13 Å². The molecule has 3 aromatic rings. The van der Waals surface area contributed by atoms with Crippen molar-refractivity contribution >= 4 is 26.7 Å². The fraction of sp³-hybridized carbons (Fsp3) is 0.222. The summed E-state index contributed by atoms with van der Waals surface area (Å²) >= 11 is 0. The van der Waals surface area contributed by atoms with Gasteiger partial charge >= 0.3 is 11.1 Å². The number of anilines is 1. The van der Waals surface area contributed by atoms with E-state index in [-0.39, 0.29) is 4.90 Å². The molecule has 0 saturated heterocycles. The lowest BCUT2D eigenvalue weighted by molar-refractivity contribution is 0.415. The molecule has 0 fully saturated rings. The number of benzene rings is 2. The standard InChI is InChI=1S/C18H19N3O5S/c1-11-9-14-15(21(3)18(23)17(22)20(14)2)10-16(11)27(24,25)19-12-5-7-13(26-4)8-6-12/h5-10,19H,1-4H3. The van der Waals surface area contributed by atoms with Crippen molar-refractivity contribution in [2.45, 2.75) is 11.8 Å². The van der Waals surface area contributed by atoms with Gasteiger partial charge in [0.2, 0.25) is 0 Å². The fourth-order valence-corrected chi connectivity index (χ4v) is 4.17. The first-order valence-electron chi connectivity index (χ1n) is 8.03. The number of aryl methyl sites for hydroxylation is 3. The zero-order chi connectivity index (χ0) is 19.9. The number of hydrogen-bond acceptors (Lipinski definition) is 5.